The van der Waals surface area contributed by atoms with Crippen LogP contribution in [-0.4, -0.2) is 33.7 Å². The fourth-order valence-corrected chi connectivity index (χ4v) is 5.46. The topological polar surface area (TPSA) is 25.2 Å². The molecule has 0 radical (unpaired) electrons. The number of carbonyl (C=O) groups excluding carboxylic acids is 1. The molecule has 0 spiro atoms. The van der Waals surface area contributed by atoms with E-state index in [0.717, 1.165) is 36.8 Å². The number of thioether (sulfide) groups is 1. The van der Waals surface area contributed by atoms with Gasteiger partial charge in [-0.3, -0.25) is 4.79 Å². The van der Waals surface area contributed by atoms with Gasteiger partial charge in [0.05, 0.1) is 5.75 Å². The molecule has 5 heteroatoms. The average Bonchev–Trinajstić information content (AvgIpc) is 3.11. The van der Waals surface area contributed by atoms with E-state index in [1.807, 2.05) is 0 Å². The number of piperidine rings is 1. The van der Waals surface area contributed by atoms with E-state index in [1.54, 1.807) is 11.8 Å². The number of nitrogens with zero attached hydrogens (tertiary/aromatic N) is 2. The number of halogens is 1. The average molecular weight is 471 g/mol. The van der Waals surface area contributed by atoms with Crippen LogP contribution in [0.25, 0.3) is 10.9 Å². The molecule has 1 atom stereocenters. The van der Waals surface area contributed by atoms with E-state index >= 15 is 0 Å². The largest absolute Gasteiger partial charge is 0.342 e. The lowest BCUT2D eigenvalue weighted by Crippen LogP contribution is -2.44. The van der Waals surface area contributed by atoms with Gasteiger partial charge in [-0.2, -0.15) is 0 Å². The number of carbonyl (C=O) groups is 1. The van der Waals surface area contributed by atoms with Gasteiger partial charge in [0.1, 0.15) is 0 Å². The van der Waals surface area contributed by atoms with Crippen LogP contribution in [0.3, 0.4) is 0 Å². The Kier molecular flexibility index (Phi) is 6.66. The first-order valence-corrected chi connectivity index (χ1v) is 12.2. The molecule has 1 aromatic heterocycles. The number of rotatable bonds is 6. The predicted molar refractivity (Wildman–Crippen MR) is 126 cm³/mol. The van der Waals surface area contributed by atoms with E-state index in [1.165, 1.54) is 27.8 Å². The number of amides is 1. The Morgan fingerprint density at radius 3 is 2.72 bits per heavy atom. The summed E-state index contributed by atoms with van der Waals surface area (Å²) in [6, 6.07) is 17.4. The third-order valence-corrected chi connectivity index (χ3v) is 7.34. The van der Waals surface area contributed by atoms with Crippen LogP contribution in [0.1, 0.15) is 38.2 Å². The van der Waals surface area contributed by atoms with Gasteiger partial charge in [0.25, 0.3) is 0 Å². The van der Waals surface area contributed by atoms with Crippen LogP contribution in [0.4, 0.5) is 0 Å². The minimum absolute atomic E-state index is 0.284. The minimum atomic E-state index is 0.284. The van der Waals surface area contributed by atoms with Crippen molar-refractivity contribution in [2.75, 3.05) is 12.3 Å². The van der Waals surface area contributed by atoms with Crippen LogP contribution in [-0.2, 0) is 11.3 Å². The maximum atomic E-state index is 12.9. The van der Waals surface area contributed by atoms with Crippen molar-refractivity contribution >= 4 is 44.5 Å². The highest BCUT2D eigenvalue weighted by Crippen LogP contribution is 2.31. The van der Waals surface area contributed by atoms with E-state index in [0.29, 0.717) is 11.8 Å². The van der Waals surface area contributed by atoms with Crippen molar-refractivity contribution in [3.63, 3.8) is 0 Å². The smallest absolute Gasteiger partial charge is 0.233 e. The molecule has 0 aliphatic carbocycles. The summed E-state index contributed by atoms with van der Waals surface area (Å²) in [6.45, 7) is 3.94. The van der Waals surface area contributed by atoms with Gasteiger partial charge in [0.15, 0.2) is 0 Å². The molecular formula is C24H27BrN2OS. The molecule has 0 N–H and O–H groups in total. The lowest BCUT2D eigenvalue weighted by Gasteiger charge is -2.35. The van der Waals surface area contributed by atoms with Crippen LogP contribution >= 0.6 is 27.7 Å². The zero-order chi connectivity index (χ0) is 20.2. The second-order valence-electron chi connectivity index (χ2n) is 7.70. The minimum Gasteiger partial charge on any atom is -0.342 e. The Hall–Kier alpha value is -1.72. The summed E-state index contributed by atoms with van der Waals surface area (Å²) in [4.78, 5) is 16.2. The van der Waals surface area contributed by atoms with Gasteiger partial charge in [0, 0.05) is 45.6 Å². The maximum absolute atomic E-state index is 12.9. The highest BCUT2D eigenvalue weighted by Gasteiger charge is 2.25. The van der Waals surface area contributed by atoms with E-state index in [-0.39, 0.29) is 5.91 Å². The van der Waals surface area contributed by atoms with E-state index in [2.05, 4.69) is 87.0 Å². The third kappa shape index (κ3) is 4.72. The maximum Gasteiger partial charge on any atom is 0.233 e. The summed E-state index contributed by atoms with van der Waals surface area (Å²) < 4.78 is 3.39. The van der Waals surface area contributed by atoms with Gasteiger partial charge < -0.3 is 9.47 Å². The second kappa shape index (κ2) is 9.40. The van der Waals surface area contributed by atoms with Gasteiger partial charge in [0.2, 0.25) is 5.91 Å². The summed E-state index contributed by atoms with van der Waals surface area (Å²) in [5.74, 6) is 0.800. The van der Waals surface area contributed by atoms with Gasteiger partial charge in [-0.25, -0.2) is 0 Å². The van der Waals surface area contributed by atoms with Gasteiger partial charge in [-0.05, 0) is 49.4 Å². The predicted octanol–water partition coefficient (Wildman–Crippen LogP) is 6.34. The van der Waals surface area contributed by atoms with Crippen LogP contribution < -0.4 is 0 Å². The van der Waals surface area contributed by atoms with Crippen molar-refractivity contribution < 1.29 is 4.79 Å². The lowest BCUT2D eigenvalue weighted by atomic mass is 10.0. The molecule has 0 saturated carbocycles. The quantitative estimate of drug-likeness (QED) is 0.392. The van der Waals surface area contributed by atoms with Gasteiger partial charge in [-0.1, -0.05) is 53.2 Å². The zero-order valence-electron chi connectivity index (χ0n) is 16.8. The fourth-order valence-electron chi connectivity index (χ4n) is 4.22. The number of hydrogen-bond acceptors (Lipinski definition) is 2. The molecule has 2 heterocycles. The van der Waals surface area contributed by atoms with Crippen LogP contribution in [0, 0.1) is 0 Å². The highest BCUT2D eigenvalue weighted by molar-refractivity contribution is 9.10. The number of hydrogen-bond donors (Lipinski definition) is 0. The summed E-state index contributed by atoms with van der Waals surface area (Å²) in [6.07, 6.45) is 6.80. The highest BCUT2D eigenvalue weighted by atomic mass is 79.9. The first-order chi connectivity index (χ1) is 14.2. The zero-order valence-corrected chi connectivity index (χ0v) is 19.2. The standard InChI is InChI=1S/C24H27BrN2OS/c1-2-20-7-5-6-14-27(20)24(28)17-29-23-16-26(22-9-4-3-8-21(22)23)15-18-10-12-19(25)13-11-18/h3-4,8-13,16,20H,2,5-7,14-15,17H2,1H3/t20-/m1/s1. The van der Waals surface area contributed by atoms with Crippen LogP contribution in [0.2, 0.25) is 0 Å². The molecule has 1 aliphatic rings. The van der Waals surface area contributed by atoms with Crippen molar-refractivity contribution in [2.45, 2.75) is 50.1 Å². The molecule has 2 aromatic carbocycles. The molecule has 0 unspecified atom stereocenters. The summed E-state index contributed by atoms with van der Waals surface area (Å²) in [5.41, 5.74) is 2.48. The van der Waals surface area contributed by atoms with Gasteiger partial charge >= 0.3 is 0 Å². The van der Waals surface area contributed by atoms with Gasteiger partial charge in [-0.15, -0.1) is 11.8 Å². The normalized spacial score (nSPS) is 17.0. The fraction of sp³-hybridized carbons (Fsp3) is 0.375. The summed E-state index contributed by atoms with van der Waals surface area (Å²) in [7, 11) is 0. The molecule has 1 fully saturated rings. The first kappa shape index (κ1) is 20.5. The van der Waals surface area contributed by atoms with Crippen molar-refractivity contribution in [1.82, 2.24) is 9.47 Å². The van der Waals surface area contributed by atoms with Crippen molar-refractivity contribution in [3.05, 3.63) is 64.8 Å². The Balaban J connectivity index is 1.51. The number of benzene rings is 2. The van der Waals surface area contributed by atoms with Crippen LogP contribution in [0.5, 0.6) is 0 Å². The molecule has 3 nitrogen and oxygen atoms in total. The van der Waals surface area contributed by atoms with E-state index in [4.69, 9.17) is 0 Å². The summed E-state index contributed by atoms with van der Waals surface area (Å²) in [5, 5.41) is 1.23. The molecule has 1 amide bonds. The lowest BCUT2D eigenvalue weighted by molar-refractivity contribution is -0.132. The number of aromatic nitrogens is 1. The van der Waals surface area contributed by atoms with Crippen molar-refractivity contribution in [1.29, 1.82) is 0 Å². The Bertz CT molecular complexity index is 982. The molecular weight excluding hydrogens is 444 g/mol. The van der Waals surface area contributed by atoms with E-state index < -0.39 is 0 Å². The Morgan fingerprint density at radius 2 is 1.93 bits per heavy atom. The molecule has 29 heavy (non-hydrogen) atoms. The molecule has 3 aromatic rings. The molecule has 0 bridgehead atoms. The third-order valence-electron chi connectivity index (χ3n) is 5.79. The monoisotopic (exact) mass is 470 g/mol. The molecule has 1 aliphatic heterocycles. The van der Waals surface area contributed by atoms with E-state index in [9.17, 15) is 4.79 Å². The number of para-hydroxylation sites is 1. The van der Waals surface area contributed by atoms with Crippen molar-refractivity contribution in [2.24, 2.45) is 0 Å². The van der Waals surface area contributed by atoms with Crippen molar-refractivity contribution in [3.8, 4) is 0 Å². The molecule has 1 saturated heterocycles. The Morgan fingerprint density at radius 1 is 1.14 bits per heavy atom. The SMILES string of the molecule is CC[C@@H]1CCCCN1C(=O)CSc1cn(Cc2ccc(Br)cc2)c2ccccc12. The molecule has 4 rings (SSSR count). The number of fused-ring (bicyclic) bond motifs is 1. The first-order valence-electron chi connectivity index (χ1n) is 10.4. The Labute approximate surface area is 185 Å². The summed E-state index contributed by atoms with van der Waals surface area (Å²) >= 11 is 5.18. The number of likely N-dealkylation sites (tertiary alicyclic amines) is 1. The second-order valence-corrected chi connectivity index (χ2v) is 9.63. The van der Waals surface area contributed by atoms with Crippen LogP contribution in [0.15, 0.2) is 64.1 Å². The molecule has 152 valence electrons.